The topological polar surface area (TPSA) is 49.0 Å². The maximum atomic E-state index is 12.7. The van der Waals surface area contributed by atoms with Crippen LogP contribution in [0.15, 0.2) is 47.8 Å². The molecule has 0 aliphatic rings. The van der Waals surface area contributed by atoms with Crippen LogP contribution in [0, 0.1) is 0 Å². The van der Waals surface area contributed by atoms with Crippen molar-refractivity contribution in [2.75, 3.05) is 6.54 Å². The maximum absolute atomic E-state index is 12.7. The summed E-state index contributed by atoms with van der Waals surface area (Å²) in [6.45, 7) is 3.07. The fourth-order valence-corrected chi connectivity index (χ4v) is 3.24. The van der Waals surface area contributed by atoms with Crippen LogP contribution in [-0.2, 0) is 6.54 Å². The molecule has 23 heavy (non-hydrogen) atoms. The molecule has 0 saturated heterocycles. The minimum atomic E-state index is -0.0912. The number of H-pyrrole nitrogens is 1. The van der Waals surface area contributed by atoms with E-state index in [1.807, 2.05) is 48.7 Å². The van der Waals surface area contributed by atoms with E-state index in [1.54, 1.807) is 22.3 Å². The molecule has 2 heterocycles. The van der Waals surface area contributed by atoms with Gasteiger partial charge in [0, 0.05) is 18.1 Å². The smallest absolute Gasteiger partial charge is 0.274 e. The first kappa shape index (κ1) is 15.8. The van der Waals surface area contributed by atoms with Crippen LogP contribution < -0.4 is 0 Å². The van der Waals surface area contributed by atoms with Crippen molar-refractivity contribution in [3.63, 3.8) is 0 Å². The van der Waals surface area contributed by atoms with Crippen LogP contribution >= 0.6 is 22.9 Å². The Hall–Kier alpha value is -2.11. The fourth-order valence-electron chi connectivity index (χ4n) is 2.33. The molecule has 3 rings (SSSR count). The Labute approximate surface area is 143 Å². The number of aromatic amines is 1. The largest absolute Gasteiger partial charge is 0.333 e. The monoisotopic (exact) mass is 345 g/mol. The molecule has 3 aromatic rings. The average molecular weight is 346 g/mol. The van der Waals surface area contributed by atoms with Gasteiger partial charge in [-0.05, 0) is 42.1 Å². The molecule has 1 aromatic carbocycles. The van der Waals surface area contributed by atoms with E-state index in [2.05, 4.69) is 10.2 Å². The maximum Gasteiger partial charge on any atom is 0.274 e. The molecule has 0 saturated carbocycles. The molecular weight excluding hydrogens is 330 g/mol. The Balaban J connectivity index is 1.77. The van der Waals surface area contributed by atoms with Crippen LogP contribution in [0.5, 0.6) is 0 Å². The summed E-state index contributed by atoms with van der Waals surface area (Å²) < 4.78 is 0. The Morgan fingerprint density at radius 2 is 2.17 bits per heavy atom. The van der Waals surface area contributed by atoms with Crippen molar-refractivity contribution in [1.29, 1.82) is 0 Å². The number of benzene rings is 1. The molecular formula is C17H16ClN3OS. The number of halogens is 1. The first-order valence-corrected chi connectivity index (χ1v) is 8.56. The standard InChI is InChI=1S/C17H16ClN3OS/c1-2-21(11-12-5-3-6-13(18)9-12)17(22)15-10-14(19-20-15)16-7-4-8-23-16/h3-10H,2,11H2,1H3,(H,19,20). The molecule has 1 amide bonds. The Morgan fingerprint density at radius 3 is 2.87 bits per heavy atom. The van der Waals surface area contributed by atoms with Crippen molar-refractivity contribution in [3.8, 4) is 10.6 Å². The van der Waals surface area contributed by atoms with Gasteiger partial charge >= 0.3 is 0 Å². The normalized spacial score (nSPS) is 10.7. The van der Waals surface area contributed by atoms with Gasteiger partial charge in [-0.1, -0.05) is 29.8 Å². The third-order valence-electron chi connectivity index (χ3n) is 3.52. The lowest BCUT2D eigenvalue weighted by Crippen LogP contribution is -2.30. The molecule has 1 N–H and O–H groups in total. The summed E-state index contributed by atoms with van der Waals surface area (Å²) in [4.78, 5) is 15.5. The van der Waals surface area contributed by atoms with Gasteiger partial charge < -0.3 is 4.90 Å². The van der Waals surface area contributed by atoms with Crippen LogP contribution in [0.2, 0.25) is 5.02 Å². The number of carbonyl (C=O) groups excluding carboxylic acids is 1. The van der Waals surface area contributed by atoms with E-state index >= 15 is 0 Å². The van der Waals surface area contributed by atoms with E-state index in [4.69, 9.17) is 11.6 Å². The zero-order valence-corrected chi connectivity index (χ0v) is 14.2. The van der Waals surface area contributed by atoms with E-state index in [0.717, 1.165) is 16.1 Å². The van der Waals surface area contributed by atoms with Crippen LogP contribution in [0.1, 0.15) is 23.0 Å². The highest BCUT2D eigenvalue weighted by molar-refractivity contribution is 7.13. The summed E-state index contributed by atoms with van der Waals surface area (Å²) in [7, 11) is 0. The van der Waals surface area contributed by atoms with Crippen LogP contribution in [0.25, 0.3) is 10.6 Å². The Morgan fingerprint density at radius 1 is 1.30 bits per heavy atom. The number of hydrogen-bond donors (Lipinski definition) is 1. The van der Waals surface area contributed by atoms with Crippen LogP contribution in [0.3, 0.4) is 0 Å². The lowest BCUT2D eigenvalue weighted by molar-refractivity contribution is 0.0746. The number of rotatable bonds is 5. The zero-order chi connectivity index (χ0) is 16.2. The molecule has 0 atom stereocenters. The van der Waals surface area contributed by atoms with Crippen molar-refractivity contribution in [3.05, 3.63) is 64.1 Å². The van der Waals surface area contributed by atoms with E-state index in [0.29, 0.717) is 23.8 Å². The van der Waals surface area contributed by atoms with Gasteiger partial charge in [0.05, 0.1) is 10.6 Å². The van der Waals surface area contributed by atoms with Gasteiger partial charge in [0.2, 0.25) is 0 Å². The third kappa shape index (κ3) is 3.63. The van der Waals surface area contributed by atoms with Gasteiger partial charge in [0.1, 0.15) is 0 Å². The van der Waals surface area contributed by atoms with E-state index < -0.39 is 0 Å². The second-order valence-corrected chi connectivity index (χ2v) is 6.48. The van der Waals surface area contributed by atoms with Crippen molar-refractivity contribution in [1.82, 2.24) is 15.1 Å². The summed E-state index contributed by atoms with van der Waals surface area (Å²) >= 11 is 7.62. The summed E-state index contributed by atoms with van der Waals surface area (Å²) in [5.74, 6) is -0.0912. The number of nitrogens with one attached hydrogen (secondary N) is 1. The van der Waals surface area contributed by atoms with E-state index in [-0.39, 0.29) is 5.91 Å². The molecule has 0 bridgehead atoms. The first-order valence-electron chi connectivity index (χ1n) is 7.30. The van der Waals surface area contributed by atoms with Gasteiger partial charge in [-0.3, -0.25) is 9.89 Å². The number of carbonyl (C=O) groups is 1. The molecule has 0 fully saturated rings. The molecule has 0 unspecified atom stereocenters. The predicted octanol–water partition coefficient (Wildman–Crippen LogP) is 4.45. The first-order chi connectivity index (χ1) is 11.2. The van der Waals surface area contributed by atoms with Crippen molar-refractivity contribution >= 4 is 28.8 Å². The average Bonchev–Trinajstić information content (AvgIpc) is 3.22. The number of hydrogen-bond acceptors (Lipinski definition) is 3. The molecule has 0 aliphatic heterocycles. The minimum Gasteiger partial charge on any atom is -0.333 e. The van der Waals surface area contributed by atoms with Crippen molar-refractivity contribution in [2.24, 2.45) is 0 Å². The summed E-state index contributed by atoms with van der Waals surface area (Å²) in [5, 5.41) is 9.76. The Bertz CT molecular complexity index is 798. The van der Waals surface area contributed by atoms with Crippen LogP contribution in [0.4, 0.5) is 0 Å². The lowest BCUT2D eigenvalue weighted by atomic mass is 10.2. The van der Waals surface area contributed by atoms with Crippen LogP contribution in [-0.4, -0.2) is 27.5 Å². The molecule has 0 aliphatic carbocycles. The number of thiophene rings is 1. The second kappa shape index (κ2) is 6.98. The summed E-state index contributed by atoms with van der Waals surface area (Å²) in [5.41, 5.74) is 2.29. The van der Waals surface area contributed by atoms with E-state index in [9.17, 15) is 4.79 Å². The van der Waals surface area contributed by atoms with Gasteiger partial charge in [-0.25, -0.2) is 0 Å². The molecule has 6 heteroatoms. The van der Waals surface area contributed by atoms with Crippen molar-refractivity contribution in [2.45, 2.75) is 13.5 Å². The fraction of sp³-hybridized carbons (Fsp3) is 0.176. The summed E-state index contributed by atoms with van der Waals surface area (Å²) in [6, 6.07) is 13.3. The van der Waals surface area contributed by atoms with Gasteiger partial charge in [0.25, 0.3) is 5.91 Å². The number of nitrogens with zero attached hydrogens (tertiary/aromatic N) is 2. The zero-order valence-electron chi connectivity index (χ0n) is 12.6. The molecule has 0 spiro atoms. The molecule has 4 nitrogen and oxygen atoms in total. The molecule has 0 radical (unpaired) electrons. The highest BCUT2D eigenvalue weighted by Crippen LogP contribution is 2.23. The van der Waals surface area contributed by atoms with E-state index in [1.165, 1.54) is 0 Å². The second-order valence-electron chi connectivity index (χ2n) is 5.09. The predicted molar refractivity (Wildman–Crippen MR) is 93.8 cm³/mol. The highest BCUT2D eigenvalue weighted by atomic mass is 35.5. The quantitative estimate of drug-likeness (QED) is 0.742. The lowest BCUT2D eigenvalue weighted by Gasteiger charge is -2.19. The SMILES string of the molecule is CCN(Cc1cccc(Cl)c1)C(=O)c1cc(-c2cccs2)[nH]n1. The molecule has 118 valence electrons. The Kier molecular flexibility index (Phi) is 4.79. The molecule has 2 aromatic heterocycles. The van der Waals surface area contributed by atoms with Gasteiger partial charge in [-0.15, -0.1) is 11.3 Å². The third-order valence-corrected chi connectivity index (χ3v) is 4.65. The highest BCUT2D eigenvalue weighted by Gasteiger charge is 2.18. The number of aromatic nitrogens is 2. The summed E-state index contributed by atoms with van der Waals surface area (Å²) in [6.07, 6.45) is 0. The van der Waals surface area contributed by atoms with Crippen molar-refractivity contribution < 1.29 is 4.79 Å². The number of amides is 1. The van der Waals surface area contributed by atoms with Gasteiger partial charge in [0.15, 0.2) is 5.69 Å². The van der Waals surface area contributed by atoms with Gasteiger partial charge in [-0.2, -0.15) is 5.10 Å². The minimum absolute atomic E-state index is 0.0912.